The number of amides is 1. The first-order valence-electron chi connectivity index (χ1n) is 10.8. The van der Waals surface area contributed by atoms with Gasteiger partial charge < -0.3 is 10.2 Å². The van der Waals surface area contributed by atoms with Gasteiger partial charge in [0.2, 0.25) is 10.0 Å². The average Bonchev–Trinajstić information content (AvgIpc) is 3.19. The summed E-state index contributed by atoms with van der Waals surface area (Å²) in [7, 11) is -3.54. The molecule has 2 saturated heterocycles. The van der Waals surface area contributed by atoms with Crippen LogP contribution in [-0.2, 0) is 10.0 Å². The number of carbonyl (C=O) groups is 1. The number of carbonyl (C=O) groups excluding carboxylic acids is 1. The second kappa shape index (κ2) is 9.18. The minimum absolute atomic E-state index is 0.175. The summed E-state index contributed by atoms with van der Waals surface area (Å²) in [6.07, 6.45) is 6.78. The van der Waals surface area contributed by atoms with Gasteiger partial charge in [-0.3, -0.25) is 4.79 Å². The number of nitrogens with zero attached hydrogens (tertiary/aromatic N) is 2. The molecule has 0 spiro atoms. The molecule has 2 aliphatic rings. The molecule has 1 amide bonds. The summed E-state index contributed by atoms with van der Waals surface area (Å²) in [6, 6.07) is 14.2. The molecule has 160 valence electrons. The van der Waals surface area contributed by atoms with Crippen molar-refractivity contribution in [2.75, 3.05) is 36.4 Å². The Morgan fingerprint density at radius 2 is 1.43 bits per heavy atom. The smallest absolute Gasteiger partial charge is 0.255 e. The van der Waals surface area contributed by atoms with Crippen LogP contribution in [0.4, 0.5) is 11.4 Å². The van der Waals surface area contributed by atoms with Crippen LogP contribution in [0.2, 0.25) is 0 Å². The van der Waals surface area contributed by atoms with Gasteiger partial charge in [0.25, 0.3) is 5.91 Å². The molecule has 4 rings (SSSR count). The molecular formula is C23H29N3O3S. The van der Waals surface area contributed by atoms with Gasteiger partial charge in [-0.15, -0.1) is 0 Å². The molecule has 0 aromatic heterocycles. The Bertz CT molecular complexity index is 975. The maximum atomic E-state index is 12.8. The number of anilines is 2. The highest BCUT2D eigenvalue weighted by Gasteiger charge is 2.27. The summed E-state index contributed by atoms with van der Waals surface area (Å²) < 4.78 is 27.0. The van der Waals surface area contributed by atoms with Gasteiger partial charge in [0.15, 0.2) is 0 Å². The van der Waals surface area contributed by atoms with E-state index >= 15 is 0 Å². The Morgan fingerprint density at radius 3 is 2.10 bits per heavy atom. The fourth-order valence-electron chi connectivity index (χ4n) is 4.16. The van der Waals surface area contributed by atoms with Gasteiger partial charge in [0.1, 0.15) is 0 Å². The number of rotatable bonds is 5. The molecular weight excluding hydrogens is 398 g/mol. The topological polar surface area (TPSA) is 69.7 Å². The summed E-state index contributed by atoms with van der Waals surface area (Å²) in [6.45, 7) is 3.23. The van der Waals surface area contributed by atoms with E-state index in [9.17, 15) is 13.2 Å². The Hall–Kier alpha value is -2.38. The molecule has 2 aromatic carbocycles. The van der Waals surface area contributed by atoms with Gasteiger partial charge in [-0.1, -0.05) is 18.9 Å². The molecule has 2 aromatic rings. The number of nitrogens with one attached hydrogen (secondary N) is 1. The zero-order valence-corrected chi connectivity index (χ0v) is 18.0. The summed E-state index contributed by atoms with van der Waals surface area (Å²) in [5, 5.41) is 2.88. The molecule has 0 atom stereocenters. The molecule has 6 nitrogen and oxygen atoms in total. The van der Waals surface area contributed by atoms with Gasteiger partial charge in [-0.05, 0) is 68.1 Å². The molecule has 0 saturated carbocycles. The molecule has 7 heteroatoms. The van der Waals surface area contributed by atoms with E-state index in [1.54, 1.807) is 18.2 Å². The summed E-state index contributed by atoms with van der Waals surface area (Å²) >= 11 is 0. The third-order valence-corrected chi connectivity index (χ3v) is 7.79. The van der Waals surface area contributed by atoms with E-state index in [0.29, 0.717) is 24.3 Å². The molecule has 2 aliphatic heterocycles. The predicted molar refractivity (Wildman–Crippen MR) is 120 cm³/mol. The number of hydrogen-bond acceptors (Lipinski definition) is 4. The lowest BCUT2D eigenvalue weighted by Crippen LogP contribution is -2.28. The highest BCUT2D eigenvalue weighted by atomic mass is 32.2. The third-order valence-electron chi connectivity index (χ3n) is 5.90. The fraction of sp³-hybridized carbons (Fsp3) is 0.435. The van der Waals surface area contributed by atoms with Crippen molar-refractivity contribution in [3.05, 3.63) is 54.1 Å². The van der Waals surface area contributed by atoms with Crippen molar-refractivity contribution >= 4 is 27.3 Å². The van der Waals surface area contributed by atoms with E-state index < -0.39 is 10.0 Å². The van der Waals surface area contributed by atoms with Crippen LogP contribution in [0.1, 0.15) is 48.9 Å². The Morgan fingerprint density at radius 1 is 0.800 bits per heavy atom. The minimum atomic E-state index is -3.54. The zero-order valence-electron chi connectivity index (χ0n) is 17.2. The molecule has 0 radical (unpaired) electrons. The highest BCUT2D eigenvalue weighted by Crippen LogP contribution is 2.24. The first-order chi connectivity index (χ1) is 14.5. The number of hydrogen-bond donors (Lipinski definition) is 1. The van der Waals surface area contributed by atoms with E-state index in [4.69, 9.17) is 0 Å². The van der Waals surface area contributed by atoms with Crippen molar-refractivity contribution in [2.24, 2.45) is 0 Å². The van der Waals surface area contributed by atoms with Gasteiger partial charge in [-0.2, -0.15) is 4.31 Å². The normalized spacial score (nSPS) is 18.2. The van der Waals surface area contributed by atoms with Crippen molar-refractivity contribution in [1.29, 1.82) is 0 Å². The van der Waals surface area contributed by atoms with Crippen LogP contribution in [0, 0.1) is 0 Å². The molecule has 30 heavy (non-hydrogen) atoms. The first-order valence-corrected chi connectivity index (χ1v) is 12.2. The van der Waals surface area contributed by atoms with E-state index in [1.807, 2.05) is 24.3 Å². The summed E-state index contributed by atoms with van der Waals surface area (Å²) in [5.41, 5.74) is 2.21. The van der Waals surface area contributed by atoms with Crippen molar-refractivity contribution in [3.63, 3.8) is 0 Å². The lowest BCUT2D eigenvalue weighted by molar-refractivity contribution is 0.102. The van der Waals surface area contributed by atoms with Crippen molar-refractivity contribution < 1.29 is 13.2 Å². The van der Waals surface area contributed by atoms with Crippen LogP contribution in [0.5, 0.6) is 0 Å². The quantitative estimate of drug-likeness (QED) is 0.780. The predicted octanol–water partition coefficient (Wildman–Crippen LogP) is 4.10. The van der Waals surface area contributed by atoms with Crippen LogP contribution < -0.4 is 10.2 Å². The van der Waals surface area contributed by atoms with Crippen molar-refractivity contribution in [2.45, 2.75) is 43.4 Å². The lowest BCUT2D eigenvalue weighted by Gasteiger charge is -2.22. The lowest BCUT2D eigenvalue weighted by atomic mass is 10.2. The van der Waals surface area contributed by atoms with E-state index in [1.165, 1.54) is 41.7 Å². The molecule has 2 heterocycles. The van der Waals surface area contributed by atoms with Gasteiger partial charge in [0, 0.05) is 43.1 Å². The van der Waals surface area contributed by atoms with Crippen molar-refractivity contribution in [3.8, 4) is 0 Å². The summed E-state index contributed by atoms with van der Waals surface area (Å²) in [5.74, 6) is -0.309. The average molecular weight is 428 g/mol. The SMILES string of the molecule is O=C(Nc1ccc(N2CCCCCC2)cc1)c1cccc(S(=O)(=O)N2CCCC2)c1. The van der Waals surface area contributed by atoms with Gasteiger partial charge in [-0.25, -0.2) is 8.42 Å². The fourth-order valence-corrected chi connectivity index (χ4v) is 5.73. The standard InChI is InChI=1S/C23H29N3O3S/c27-23(19-8-7-9-22(18-19)30(28,29)26-16-5-6-17-26)24-20-10-12-21(13-11-20)25-14-3-1-2-4-15-25/h7-13,18H,1-6,14-17H2,(H,24,27). The molecule has 0 bridgehead atoms. The molecule has 2 fully saturated rings. The highest BCUT2D eigenvalue weighted by molar-refractivity contribution is 7.89. The van der Waals surface area contributed by atoms with Gasteiger partial charge in [0.05, 0.1) is 4.90 Å². The Labute approximate surface area is 178 Å². The first kappa shape index (κ1) is 20.9. The molecule has 1 N–H and O–H groups in total. The largest absolute Gasteiger partial charge is 0.372 e. The number of benzene rings is 2. The second-order valence-electron chi connectivity index (χ2n) is 8.04. The second-order valence-corrected chi connectivity index (χ2v) is 9.98. The van der Waals surface area contributed by atoms with E-state index in [0.717, 1.165) is 25.9 Å². The zero-order chi connectivity index (χ0) is 21.0. The van der Waals surface area contributed by atoms with Crippen LogP contribution in [0.15, 0.2) is 53.4 Å². The van der Waals surface area contributed by atoms with Crippen LogP contribution in [0.3, 0.4) is 0 Å². The Balaban J connectivity index is 1.45. The summed E-state index contributed by atoms with van der Waals surface area (Å²) in [4.78, 5) is 15.3. The Kier molecular flexibility index (Phi) is 6.39. The van der Waals surface area contributed by atoms with Crippen LogP contribution in [-0.4, -0.2) is 44.8 Å². The van der Waals surface area contributed by atoms with Crippen LogP contribution in [0.25, 0.3) is 0 Å². The maximum absolute atomic E-state index is 12.8. The molecule has 0 unspecified atom stereocenters. The van der Waals surface area contributed by atoms with E-state index in [-0.39, 0.29) is 10.8 Å². The van der Waals surface area contributed by atoms with Gasteiger partial charge >= 0.3 is 0 Å². The maximum Gasteiger partial charge on any atom is 0.255 e. The van der Waals surface area contributed by atoms with E-state index in [2.05, 4.69) is 10.2 Å². The molecule has 0 aliphatic carbocycles. The van der Waals surface area contributed by atoms with Crippen molar-refractivity contribution in [1.82, 2.24) is 4.31 Å². The third kappa shape index (κ3) is 4.68. The minimum Gasteiger partial charge on any atom is -0.372 e. The monoisotopic (exact) mass is 427 g/mol. The van der Waals surface area contributed by atoms with Crippen LogP contribution >= 0.6 is 0 Å². The number of sulfonamides is 1.